The molecule has 1 atom stereocenters. The molecule has 5 nitrogen and oxygen atoms in total. The highest BCUT2D eigenvalue weighted by Gasteiger charge is 2.14. The fourth-order valence-electron chi connectivity index (χ4n) is 1.81. The van der Waals surface area contributed by atoms with Gasteiger partial charge in [0, 0.05) is 13.6 Å². The minimum Gasteiger partial charge on any atom is -0.392 e. The summed E-state index contributed by atoms with van der Waals surface area (Å²) in [5.41, 5.74) is 0. The highest BCUT2D eigenvalue weighted by molar-refractivity contribution is 4.82. The topological polar surface area (TPSA) is 63.0 Å². The van der Waals surface area contributed by atoms with Gasteiger partial charge in [-0.3, -0.25) is 4.68 Å². The number of aliphatic hydroxyl groups excluding tert-OH is 1. The van der Waals surface area contributed by atoms with Crippen molar-refractivity contribution in [1.29, 1.82) is 0 Å². The van der Waals surface area contributed by atoms with E-state index < -0.39 is 0 Å². The van der Waals surface area contributed by atoms with Gasteiger partial charge in [0.05, 0.1) is 12.6 Å². The van der Waals surface area contributed by atoms with Crippen molar-refractivity contribution in [1.82, 2.24) is 20.1 Å². The molecule has 1 heterocycles. The first kappa shape index (κ1) is 13.1. The van der Waals surface area contributed by atoms with Gasteiger partial charge in [-0.25, -0.2) is 4.98 Å². The largest absolute Gasteiger partial charge is 0.392 e. The lowest BCUT2D eigenvalue weighted by Crippen LogP contribution is -2.32. The summed E-state index contributed by atoms with van der Waals surface area (Å²) < 4.78 is 1.73. The van der Waals surface area contributed by atoms with Crippen LogP contribution in [0.1, 0.15) is 32.5 Å². The van der Waals surface area contributed by atoms with Gasteiger partial charge >= 0.3 is 0 Å². The summed E-state index contributed by atoms with van der Waals surface area (Å²) in [6, 6.07) is 0. The van der Waals surface area contributed by atoms with Gasteiger partial charge in [0.15, 0.2) is 0 Å². The Labute approximate surface area is 96.9 Å². The molecule has 0 spiro atoms. The second-order valence-corrected chi connectivity index (χ2v) is 4.07. The number of hydrogen-bond donors (Lipinski definition) is 2. The first-order valence-electron chi connectivity index (χ1n) is 5.90. The molecule has 1 rings (SSSR count). The van der Waals surface area contributed by atoms with Gasteiger partial charge < -0.3 is 10.4 Å². The zero-order valence-corrected chi connectivity index (χ0v) is 10.3. The van der Waals surface area contributed by atoms with Crippen molar-refractivity contribution in [2.45, 2.75) is 39.3 Å². The molecule has 5 heteroatoms. The normalized spacial score (nSPS) is 13.3. The van der Waals surface area contributed by atoms with Crippen LogP contribution in [0.15, 0.2) is 6.33 Å². The molecule has 16 heavy (non-hydrogen) atoms. The number of nitrogens with one attached hydrogen (secondary N) is 1. The first-order valence-corrected chi connectivity index (χ1v) is 5.90. The molecule has 0 aliphatic heterocycles. The van der Waals surface area contributed by atoms with E-state index in [4.69, 9.17) is 0 Å². The smallest absolute Gasteiger partial charge is 0.140 e. The maximum Gasteiger partial charge on any atom is 0.140 e. The van der Waals surface area contributed by atoms with Crippen molar-refractivity contribution >= 4 is 0 Å². The van der Waals surface area contributed by atoms with Gasteiger partial charge in [0.2, 0.25) is 0 Å². The zero-order valence-electron chi connectivity index (χ0n) is 10.3. The third kappa shape index (κ3) is 3.57. The van der Waals surface area contributed by atoms with Crippen LogP contribution in [-0.4, -0.2) is 32.5 Å². The summed E-state index contributed by atoms with van der Waals surface area (Å²) in [6.07, 6.45) is 3.30. The SMILES string of the molecule is CCC(CC)C(O)CNCc1ncnn1C. The number of nitrogens with zero attached hydrogens (tertiary/aromatic N) is 3. The Balaban J connectivity index is 2.27. The Hall–Kier alpha value is -0.940. The number of hydrogen-bond acceptors (Lipinski definition) is 4. The molecule has 2 N–H and O–H groups in total. The van der Waals surface area contributed by atoms with Crippen molar-refractivity contribution in [3.8, 4) is 0 Å². The molecule has 0 aliphatic carbocycles. The standard InChI is InChI=1S/C11H22N4O/c1-4-9(5-2)10(16)6-12-7-11-13-8-14-15(11)3/h8-10,12,16H,4-7H2,1-3H3. The van der Waals surface area contributed by atoms with Crippen LogP contribution in [0.5, 0.6) is 0 Å². The predicted octanol–water partition coefficient (Wildman–Crippen LogP) is 0.702. The molecule has 92 valence electrons. The van der Waals surface area contributed by atoms with Crippen LogP contribution in [0.2, 0.25) is 0 Å². The third-order valence-corrected chi connectivity index (χ3v) is 3.03. The molecule has 0 saturated carbocycles. The van der Waals surface area contributed by atoms with Crippen molar-refractivity contribution in [2.24, 2.45) is 13.0 Å². The van der Waals surface area contributed by atoms with E-state index in [0.29, 0.717) is 19.0 Å². The molecular weight excluding hydrogens is 204 g/mol. The summed E-state index contributed by atoms with van der Waals surface area (Å²) in [4.78, 5) is 4.11. The van der Waals surface area contributed by atoms with E-state index >= 15 is 0 Å². The molecular formula is C11H22N4O. The minimum absolute atomic E-state index is 0.275. The highest BCUT2D eigenvalue weighted by atomic mass is 16.3. The maximum atomic E-state index is 9.90. The van der Waals surface area contributed by atoms with Gasteiger partial charge in [0.1, 0.15) is 12.2 Å². The second kappa shape index (κ2) is 6.60. The van der Waals surface area contributed by atoms with Crippen LogP contribution in [-0.2, 0) is 13.6 Å². The number of aryl methyl sites for hydroxylation is 1. The molecule has 0 fully saturated rings. The minimum atomic E-state index is -0.275. The quantitative estimate of drug-likeness (QED) is 0.718. The fourth-order valence-corrected chi connectivity index (χ4v) is 1.81. The molecule has 0 amide bonds. The summed E-state index contributed by atoms with van der Waals surface area (Å²) >= 11 is 0. The van der Waals surface area contributed by atoms with E-state index in [1.165, 1.54) is 6.33 Å². The van der Waals surface area contributed by atoms with Crippen LogP contribution in [0.3, 0.4) is 0 Å². The Morgan fingerprint density at radius 2 is 2.12 bits per heavy atom. The van der Waals surface area contributed by atoms with E-state index in [-0.39, 0.29) is 6.10 Å². The van der Waals surface area contributed by atoms with Crippen LogP contribution in [0.25, 0.3) is 0 Å². The average Bonchev–Trinajstić information content (AvgIpc) is 2.66. The van der Waals surface area contributed by atoms with Crippen LogP contribution >= 0.6 is 0 Å². The Morgan fingerprint density at radius 1 is 1.44 bits per heavy atom. The van der Waals surface area contributed by atoms with Crippen molar-refractivity contribution < 1.29 is 5.11 Å². The van der Waals surface area contributed by atoms with Gasteiger partial charge in [-0.15, -0.1) is 0 Å². The van der Waals surface area contributed by atoms with Crippen molar-refractivity contribution in [3.63, 3.8) is 0 Å². The molecule has 1 aromatic heterocycles. The molecule has 1 aromatic rings. The Morgan fingerprint density at radius 3 is 2.62 bits per heavy atom. The molecule has 0 aromatic carbocycles. The lowest BCUT2D eigenvalue weighted by Gasteiger charge is -2.20. The Kier molecular flexibility index (Phi) is 5.42. The average molecular weight is 226 g/mol. The summed E-state index contributed by atoms with van der Waals surface area (Å²) in [5, 5.41) is 17.1. The van der Waals surface area contributed by atoms with Gasteiger partial charge in [0.25, 0.3) is 0 Å². The monoisotopic (exact) mass is 226 g/mol. The van der Waals surface area contributed by atoms with E-state index in [1.807, 2.05) is 7.05 Å². The van der Waals surface area contributed by atoms with Gasteiger partial charge in [-0.05, 0) is 5.92 Å². The first-order chi connectivity index (χ1) is 7.69. The lowest BCUT2D eigenvalue weighted by molar-refractivity contribution is 0.101. The van der Waals surface area contributed by atoms with E-state index in [9.17, 15) is 5.11 Å². The lowest BCUT2D eigenvalue weighted by atomic mass is 9.97. The van der Waals surface area contributed by atoms with Gasteiger partial charge in [-0.2, -0.15) is 5.10 Å². The van der Waals surface area contributed by atoms with Crippen molar-refractivity contribution in [3.05, 3.63) is 12.2 Å². The van der Waals surface area contributed by atoms with Crippen molar-refractivity contribution in [2.75, 3.05) is 6.54 Å². The summed E-state index contributed by atoms with van der Waals surface area (Å²) in [5.74, 6) is 1.27. The summed E-state index contributed by atoms with van der Waals surface area (Å²) in [7, 11) is 1.86. The number of rotatable bonds is 7. The second-order valence-electron chi connectivity index (χ2n) is 4.07. The van der Waals surface area contributed by atoms with Crippen LogP contribution in [0.4, 0.5) is 0 Å². The molecule has 0 saturated heterocycles. The number of aliphatic hydroxyl groups is 1. The summed E-state index contributed by atoms with van der Waals surface area (Å²) in [6.45, 7) is 5.48. The fraction of sp³-hybridized carbons (Fsp3) is 0.818. The zero-order chi connectivity index (χ0) is 12.0. The van der Waals surface area contributed by atoms with Crippen LogP contribution in [0, 0.1) is 5.92 Å². The van der Waals surface area contributed by atoms with Crippen LogP contribution < -0.4 is 5.32 Å². The Bertz CT molecular complexity index is 296. The maximum absolute atomic E-state index is 9.90. The van der Waals surface area contributed by atoms with Gasteiger partial charge in [-0.1, -0.05) is 26.7 Å². The molecule has 0 bridgehead atoms. The molecule has 1 unspecified atom stereocenters. The molecule has 0 aliphatic rings. The van der Waals surface area contributed by atoms with E-state index in [0.717, 1.165) is 18.7 Å². The van der Waals surface area contributed by atoms with E-state index in [2.05, 4.69) is 29.2 Å². The predicted molar refractivity (Wildman–Crippen MR) is 62.8 cm³/mol. The van der Waals surface area contributed by atoms with E-state index in [1.54, 1.807) is 4.68 Å². The third-order valence-electron chi connectivity index (χ3n) is 3.03. The highest BCUT2D eigenvalue weighted by Crippen LogP contribution is 2.12. The molecule has 0 radical (unpaired) electrons. The number of aromatic nitrogens is 3.